The van der Waals surface area contributed by atoms with Gasteiger partial charge in [0.15, 0.2) is 0 Å². The van der Waals surface area contributed by atoms with Crippen molar-refractivity contribution in [2.45, 2.75) is 44.6 Å². The number of hydrogen-bond acceptors (Lipinski definition) is 5. The minimum atomic E-state index is -0.778. The van der Waals surface area contributed by atoms with Crippen molar-refractivity contribution in [1.82, 2.24) is 9.80 Å². The first-order valence-corrected chi connectivity index (χ1v) is 11.7. The Morgan fingerprint density at radius 2 is 1.45 bits per heavy atom. The van der Waals surface area contributed by atoms with Crippen molar-refractivity contribution in [2.75, 3.05) is 39.8 Å². The van der Waals surface area contributed by atoms with E-state index in [-0.39, 0.29) is 12.1 Å². The van der Waals surface area contributed by atoms with Gasteiger partial charge in [0, 0.05) is 26.2 Å². The summed E-state index contributed by atoms with van der Waals surface area (Å²) in [5.74, 6) is -0.199. The molecule has 1 aliphatic heterocycles. The van der Waals surface area contributed by atoms with Crippen LogP contribution in [0.25, 0.3) is 11.1 Å². The van der Waals surface area contributed by atoms with E-state index in [0.717, 1.165) is 48.3 Å². The molecule has 0 atom stereocenters. The molecule has 0 bridgehead atoms. The van der Waals surface area contributed by atoms with Crippen molar-refractivity contribution in [3.8, 4) is 11.1 Å². The smallest absolute Gasteiger partial charge is 0.410 e. The lowest BCUT2D eigenvalue weighted by atomic mass is 9.74. The normalized spacial score (nSPS) is 17.3. The molecule has 4 rings (SSSR count). The molecule has 0 saturated carbocycles. The summed E-state index contributed by atoms with van der Waals surface area (Å²) in [5, 5.41) is 0. The van der Waals surface area contributed by atoms with Gasteiger partial charge < -0.3 is 14.4 Å². The van der Waals surface area contributed by atoms with Gasteiger partial charge in [0.05, 0.1) is 7.11 Å². The van der Waals surface area contributed by atoms with Crippen LogP contribution in [0.3, 0.4) is 0 Å². The van der Waals surface area contributed by atoms with E-state index in [1.54, 1.807) is 4.90 Å². The number of fused-ring (bicyclic) bond motifs is 3. The second-order valence-corrected chi connectivity index (χ2v) is 9.90. The van der Waals surface area contributed by atoms with E-state index < -0.39 is 11.0 Å². The van der Waals surface area contributed by atoms with Gasteiger partial charge in [0.1, 0.15) is 11.0 Å². The zero-order valence-corrected chi connectivity index (χ0v) is 20.1. The number of amides is 1. The first kappa shape index (κ1) is 23.3. The number of esters is 1. The highest BCUT2D eigenvalue weighted by Gasteiger charge is 2.49. The molecule has 1 heterocycles. The Morgan fingerprint density at radius 3 is 1.97 bits per heavy atom. The Labute approximate surface area is 196 Å². The topological polar surface area (TPSA) is 59.1 Å². The zero-order valence-electron chi connectivity index (χ0n) is 20.1. The van der Waals surface area contributed by atoms with Gasteiger partial charge in [-0.2, -0.15) is 0 Å². The largest absolute Gasteiger partial charge is 0.468 e. The summed E-state index contributed by atoms with van der Waals surface area (Å²) in [6, 6.07) is 16.3. The molecule has 1 aliphatic carbocycles. The standard InChI is InChI=1S/C27H34N2O4/c1-26(2,3)33-25(31)29-18-16-28(17-19-29)15-9-14-27(24(30)32-4)22-12-7-5-10-20(22)21-11-6-8-13-23(21)27/h5-8,10-13H,9,14-19H2,1-4H3. The highest BCUT2D eigenvalue weighted by atomic mass is 16.6. The molecule has 1 saturated heterocycles. The van der Waals surface area contributed by atoms with E-state index in [1.165, 1.54) is 7.11 Å². The summed E-state index contributed by atoms with van der Waals surface area (Å²) >= 11 is 0. The van der Waals surface area contributed by atoms with Gasteiger partial charge in [0.25, 0.3) is 0 Å². The number of carbonyl (C=O) groups is 2. The fraction of sp³-hybridized carbons (Fsp3) is 0.481. The zero-order chi connectivity index (χ0) is 23.6. The van der Waals surface area contributed by atoms with E-state index in [1.807, 2.05) is 45.0 Å². The molecule has 1 fully saturated rings. The number of piperazine rings is 1. The van der Waals surface area contributed by atoms with Gasteiger partial charge in [-0.3, -0.25) is 9.69 Å². The summed E-state index contributed by atoms with van der Waals surface area (Å²) in [7, 11) is 1.48. The number of benzene rings is 2. The molecule has 2 aromatic rings. The molecule has 0 N–H and O–H groups in total. The Kier molecular flexibility index (Phi) is 6.48. The van der Waals surface area contributed by atoms with Crippen LogP contribution in [0.5, 0.6) is 0 Å². The third-order valence-electron chi connectivity index (χ3n) is 6.65. The number of nitrogens with zero attached hydrogens (tertiary/aromatic N) is 2. The maximum atomic E-state index is 13.3. The summed E-state index contributed by atoms with van der Waals surface area (Å²) < 4.78 is 10.9. The molecule has 2 aromatic carbocycles. The van der Waals surface area contributed by atoms with E-state index in [9.17, 15) is 9.59 Å². The van der Waals surface area contributed by atoms with Crippen LogP contribution in [0.15, 0.2) is 48.5 Å². The van der Waals surface area contributed by atoms with Crippen LogP contribution in [0.2, 0.25) is 0 Å². The molecular formula is C27H34N2O4. The Hall–Kier alpha value is -2.86. The Balaban J connectivity index is 1.44. The third-order valence-corrected chi connectivity index (χ3v) is 6.65. The van der Waals surface area contributed by atoms with Gasteiger partial charge in [-0.15, -0.1) is 0 Å². The number of carbonyl (C=O) groups excluding carboxylic acids is 2. The molecule has 0 unspecified atom stereocenters. The third kappa shape index (κ3) is 4.49. The van der Waals surface area contributed by atoms with Gasteiger partial charge in [-0.1, -0.05) is 48.5 Å². The first-order chi connectivity index (χ1) is 15.8. The fourth-order valence-electron chi connectivity index (χ4n) is 5.14. The van der Waals surface area contributed by atoms with Crippen molar-refractivity contribution < 1.29 is 19.1 Å². The molecule has 0 spiro atoms. The first-order valence-electron chi connectivity index (χ1n) is 11.7. The van der Waals surface area contributed by atoms with E-state index in [2.05, 4.69) is 29.2 Å². The van der Waals surface area contributed by atoms with Crippen LogP contribution in [-0.2, 0) is 19.7 Å². The molecule has 2 aliphatic rings. The molecule has 6 nitrogen and oxygen atoms in total. The lowest BCUT2D eigenvalue weighted by molar-refractivity contribution is -0.146. The molecular weight excluding hydrogens is 416 g/mol. The van der Waals surface area contributed by atoms with Crippen molar-refractivity contribution >= 4 is 12.1 Å². The van der Waals surface area contributed by atoms with Gasteiger partial charge in [-0.25, -0.2) is 4.79 Å². The van der Waals surface area contributed by atoms with Crippen molar-refractivity contribution in [3.63, 3.8) is 0 Å². The van der Waals surface area contributed by atoms with Gasteiger partial charge in [-0.05, 0) is 62.4 Å². The van der Waals surface area contributed by atoms with E-state index >= 15 is 0 Å². The number of methoxy groups -OCH3 is 1. The van der Waals surface area contributed by atoms with Gasteiger partial charge in [0.2, 0.25) is 0 Å². The highest BCUT2D eigenvalue weighted by molar-refractivity contribution is 5.97. The van der Waals surface area contributed by atoms with Crippen molar-refractivity contribution in [3.05, 3.63) is 59.7 Å². The summed E-state index contributed by atoms with van der Waals surface area (Å²) in [4.78, 5) is 29.7. The van der Waals surface area contributed by atoms with Crippen molar-refractivity contribution in [1.29, 1.82) is 0 Å². The van der Waals surface area contributed by atoms with Gasteiger partial charge >= 0.3 is 12.1 Å². The van der Waals surface area contributed by atoms with Crippen LogP contribution in [0.1, 0.15) is 44.7 Å². The van der Waals surface area contributed by atoms with E-state index in [0.29, 0.717) is 19.5 Å². The molecule has 176 valence electrons. The predicted molar refractivity (Wildman–Crippen MR) is 128 cm³/mol. The van der Waals surface area contributed by atoms with Crippen molar-refractivity contribution in [2.24, 2.45) is 0 Å². The molecule has 0 radical (unpaired) electrons. The SMILES string of the molecule is COC(=O)C1(CCCN2CCN(C(=O)OC(C)(C)C)CC2)c2ccccc2-c2ccccc21. The summed E-state index contributed by atoms with van der Waals surface area (Å²) in [6.07, 6.45) is 1.29. The maximum Gasteiger partial charge on any atom is 0.410 e. The number of hydrogen-bond donors (Lipinski definition) is 0. The number of ether oxygens (including phenoxy) is 2. The lowest BCUT2D eigenvalue weighted by Gasteiger charge is -2.36. The minimum absolute atomic E-state index is 0.199. The lowest BCUT2D eigenvalue weighted by Crippen LogP contribution is -2.50. The summed E-state index contributed by atoms with van der Waals surface area (Å²) in [6.45, 7) is 9.44. The molecule has 6 heteroatoms. The maximum absolute atomic E-state index is 13.3. The average Bonchev–Trinajstić information content (AvgIpc) is 3.09. The number of rotatable bonds is 5. The molecule has 33 heavy (non-hydrogen) atoms. The minimum Gasteiger partial charge on any atom is -0.468 e. The Morgan fingerprint density at radius 1 is 0.909 bits per heavy atom. The predicted octanol–water partition coefficient (Wildman–Crippen LogP) is 4.46. The fourth-order valence-corrected chi connectivity index (χ4v) is 5.14. The second kappa shape index (κ2) is 9.18. The Bertz CT molecular complexity index is 973. The summed E-state index contributed by atoms with van der Waals surface area (Å²) in [5.41, 5.74) is 3.04. The molecule has 0 aromatic heterocycles. The highest BCUT2D eigenvalue weighted by Crippen LogP contribution is 2.51. The van der Waals surface area contributed by atoms with Crippen LogP contribution >= 0.6 is 0 Å². The second-order valence-electron chi connectivity index (χ2n) is 9.90. The van der Waals surface area contributed by atoms with Crippen LogP contribution in [-0.4, -0.2) is 67.3 Å². The average molecular weight is 451 g/mol. The van der Waals surface area contributed by atoms with Crippen LogP contribution < -0.4 is 0 Å². The van der Waals surface area contributed by atoms with E-state index in [4.69, 9.17) is 9.47 Å². The van der Waals surface area contributed by atoms with Crippen LogP contribution in [0.4, 0.5) is 4.79 Å². The monoisotopic (exact) mass is 450 g/mol. The van der Waals surface area contributed by atoms with Crippen LogP contribution in [0, 0.1) is 0 Å². The quantitative estimate of drug-likeness (QED) is 0.630. The molecule has 1 amide bonds.